The third-order valence-electron chi connectivity index (χ3n) is 4.65. The molecule has 2 aliphatic heterocycles. The van der Waals surface area contributed by atoms with Crippen LogP contribution < -0.4 is 0 Å². The Morgan fingerprint density at radius 1 is 1.35 bits per heavy atom. The molecule has 2 atom stereocenters. The van der Waals surface area contributed by atoms with Gasteiger partial charge in [-0.3, -0.25) is 9.80 Å². The normalized spacial score (nSPS) is 27.1. The Kier molecular flexibility index (Phi) is 4.42. The average molecular weight is 290 g/mol. The van der Waals surface area contributed by atoms with Crippen LogP contribution in [0.1, 0.15) is 29.7 Å². The molecule has 108 valence electrons. The molecule has 2 fully saturated rings. The smallest absolute Gasteiger partial charge is 0.104 e. The van der Waals surface area contributed by atoms with E-state index in [9.17, 15) is 0 Å². The minimum Gasteiger partial charge on any atom is -0.384 e. The second kappa shape index (κ2) is 6.28. The van der Waals surface area contributed by atoms with Gasteiger partial charge in [0.25, 0.3) is 0 Å². The molecule has 0 aromatic carbocycles. The molecule has 2 bridgehead atoms. The lowest BCUT2D eigenvalue weighted by Gasteiger charge is -2.25. The number of rotatable bonds is 2. The summed E-state index contributed by atoms with van der Waals surface area (Å²) < 4.78 is 0. The molecule has 0 radical (unpaired) electrons. The highest BCUT2D eigenvalue weighted by atomic mass is 32.1. The van der Waals surface area contributed by atoms with E-state index in [0.717, 1.165) is 24.2 Å². The summed E-state index contributed by atoms with van der Waals surface area (Å²) in [5.41, 5.74) is 1.09. The number of aliphatic hydroxyl groups is 1. The number of hydrogen-bond donors (Lipinski definition) is 1. The Morgan fingerprint density at radius 3 is 3.05 bits per heavy atom. The lowest BCUT2D eigenvalue weighted by atomic mass is 10.1. The van der Waals surface area contributed by atoms with Crippen LogP contribution >= 0.6 is 11.3 Å². The predicted molar refractivity (Wildman–Crippen MR) is 82.7 cm³/mol. The Hall–Kier alpha value is -0.860. The molecule has 20 heavy (non-hydrogen) atoms. The number of thiophene rings is 1. The van der Waals surface area contributed by atoms with E-state index in [-0.39, 0.29) is 6.61 Å². The zero-order chi connectivity index (χ0) is 13.9. The van der Waals surface area contributed by atoms with E-state index in [0.29, 0.717) is 0 Å². The van der Waals surface area contributed by atoms with Crippen LogP contribution in [0, 0.1) is 11.8 Å². The van der Waals surface area contributed by atoms with E-state index in [4.69, 9.17) is 5.11 Å². The van der Waals surface area contributed by atoms with Crippen molar-refractivity contribution >= 4 is 11.3 Å². The van der Waals surface area contributed by atoms with Gasteiger partial charge in [-0.1, -0.05) is 11.8 Å². The molecule has 0 amide bonds. The predicted octanol–water partition coefficient (Wildman–Crippen LogP) is 1.76. The number of likely N-dealkylation sites (N-methyl/N-ethyl adjacent to an activating group) is 1. The summed E-state index contributed by atoms with van der Waals surface area (Å²) in [6, 6.07) is 3.59. The Morgan fingerprint density at radius 2 is 2.20 bits per heavy atom. The molecule has 3 nitrogen and oxygen atoms in total. The van der Waals surface area contributed by atoms with Crippen LogP contribution in [0.15, 0.2) is 11.4 Å². The Bertz CT molecular complexity index is 516. The fraction of sp³-hybridized carbons (Fsp3) is 0.625. The number of nitrogens with zero attached hydrogens (tertiary/aromatic N) is 2. The first-order valence-corrected chi connectivity index (χ1v) is 8.26. The summed E-state index contributed by atoms with van der Waals surface area (Å²) in [7, 11) is 2.29. The standard InChI is InChI=1S/C16H22N2OS/c1-17-14-4-5-15(17)11-18(8-6-14)12-16-13(3-2-9-19)7-10-20-16/h7,10,14-15,19H,4-6,8-9,11-12H2,1H3. The zero-order valence-electron chi connectivity index (χ0n) is 12.0. The van der Waals surface area contributed by atoms with Gasteiger partial charge in [0.05, 0.1) is 0 Å². The summed E-state index contributed by atoms with van der Waals surface area (Å²) >= 11 is 1.78. The van der Waals surface area contributed by atoms with Gasteiger partial charge in [-0.15, -0.1) is 11.3 Å². The zero-order valence-corrected chi connectivity index (χ0v) is 12.8. The molecule has 4 heteroatoms. The van der Waals surface area contributed by atoms with Gasteiger partial charge in [0.15, 0.2) is 0 Å². The first-order chi connectivity index (χ1) is 9.78. The highest BCUT2D eigenvalue weighted by Gasteiger charge is 2.34. The largest absolute Gasteiger partial charge is 0.384 e. The van der Waals surface area contributed by atoms with Gasteiger partial charge >= 0.3 is 0 Å². The minimum absolute atomic E-state index is 0.0620. The molecule has 1 N–H and O–H groups in total. The maximum atomic E-state index is 8.83. The number of aliphatic hydroxyl groups excluding tert-OH is 1. The molecule has 1 aromatic rings. The molecular formula is C16H22N2OS. The maximum Gasteiger partial charge on any atom is 0.104 e. The van der Waals surface area contributed by atoms with Crippen LogP contribution in [0.2, 0.25) is 0 Å². The minimum atomic E-state index is -0.0620. The second-order valence-electron chi connectivity index (χ2n) is 5.79. The van der Waals surface area contributed by atoms with Gasteiger partial charge in [-0.05, 0) is 37.8 Å². The molecule has 0 spiro atoms. The van der Waals surface area contributed by atoms with E-state index in [2.05, 4.69) is 40.1 Å². The van der Waals surface area contributed by atoms with Crippen LogP contribution in [0.25, 0.3) is 0 Å². The first-order valence-electron chi connectivity index (χ1n) is 7.38. The van der Waals surface area contributed by atoms with E-state index >= 15 is 0 Å². The molecule has 3 rings (SSSR count). The fourth-order valence-electron chi connectivity index (χ4n) is 3.44. The van der Waals surface area contributed by atoms with Crippen LogP contribution in [-0.4, -0.2) is 53.7 Å². The number of hydrogen-bond acceptors (Lipinski definition) is 4. The number of likely N-dealkylation sites (tertiary alicyclic amines) is 1. The summed E-state index contributed by atoms with van der Waals surface area (Å²) in [6.45, 7) is 3.31. The van der Waals surface area contributed by atoms with Gasteiger partial charge in [0.2, 0.25) is 0 Å². The highest BCUT2D eigenvalue weighted by Crippen LogP contribution is 2.29. The van der Waals surface area contributed by atoms with Crippen LogP contribution in [0.5, 0.6) is 0 Å². The molecule has 1 aromatic heterocycles. The molecule has 2 unspecified atom stereocenters. The summed E-state index contributed by atoms with van der Waals surface area (Å²) in [5.74, 6) is 5.82. The van der Waals surface area contributed by atoms with Crippen molar-refractivity contribution in [2.75, 3.05) is 26.7 Å². The van der Waals surface area contributed by atoms with Crippen LogP contribution in [0.3, 0.4) is 0 Å². The van der Waals surface area contributed by atoms with Gasteiger partial charge < -0.3 is 5.11 Å². The van der Waals surface area contributed by atoms with Gasteiger partial charge in [-0.25, -0.2) is 0 Å². The molecule has 2 saturated heterocycles. The lowest BCUT2D eigenvalue weighted by molar-refractivity contribution is 0.215. The molecule has 3 heterocycles. The van der Waals surface area contributed by atoms with Crippen molar-refractivity contribution in [3.8, 4) is 11.8 Å². The van der Waals surface area contributed by atoms with Crippen molar-refractivity contribution in [1.82, 2.24) is 9.80 Å². The molecular weight excluding hydrogens is 268 g/mol. The van der Waals surface area contributed by atoms with Crippen molar-refractivity contribution in [3.05, 3.63) is 21.9 Å². The Labute approximate surface area is 125 Å². The topological polar surface area (TPSA) is 26.7 Å². The monoisotopic (exact) mass is 290 g/mol. The second-order valence-corrected chi connectivity index (χ2v) is 6.79. The molecule has 0 aliphatic carbocycles. The molecule has 0 saturated carbocycles. The van der Waals surface area contributed by atoms with E-state index < -0.39 is 0 Å². The SMILES string of the molecule is CN1C2CCC1CN(Cc1sccc1C#CCO)CC2. The van der Waals surface area contributed by atoms with Crippen molar-refractivity contribution in [2.24, 2.45) is 0 Å². The van der Waals surface area contributed by atoms with Gasteiger partial charge in [-0.2, -0.15) is 0 Å². The highest BCUT2D eigenvalue weighted by molar-refractivity contribution is 7.10. The van der Waals surface area contributed by atoms with Crippen molar-refractivity contribution in [2.45, 2.75) is 37.9 Å². The Balaban J connectivity index is 1.68. The van der Waals surface area contributed by atoms with Crippen molar-refractivity contribution in [3.63, 3.8) is 0 Å². The fourth-order valence-corrected chi connectivity index (χ4v) is 4.31. The van der Waals surface area contributed by atoms with Crippen LogP contribution in [-0.2, 0) is 6.54 Å². The molecule has 2 aliphatic rings. The average Bonchev–Trinajstić information content (AvgIpc) is 2.96. The first kappa shape index (κ1) is 14.1. The van der Waals surface area contributed by atoms with Gasteiger partial charge in [0, 0.05) is 42.2 Å². The van der Waals surface area contributed by atoms with Crippen LogP contribution in [0.4, 0.5) is 0 Å². The van der Waals surface area contributed by atoms with E-state index in [1.165, 1.54) is 37.2 Å². The van der Waals surface area contributed by atoms with E-state index in [1.807, 2.05) is 0 Å². The van der Waals surface area contributed by atoms with Gasteiger partial charge in [0.1, 0.15) is 6.61 Å². The maximum absolute atomic E-state index is 8.83. The quantitative estimate of drug-likeness (QED) is 0.841. The van der Waals surface area contributed by atoms with Crippen molar-refractivity contribution < 1.29 is 5.11 Å². The lowest BCUT2D eigenvalue weighted by Crippen LogP contribution is -2.36. The third kappa shape index (κ3) is 2.91. The third-order valence-corrected chi connectivity index (χ3v) is 5.55. The number of fused-ring (bicyclic) bond motifs is 2. The summed E-state index contributed by atoms with van der Waals surface area (Å²) in [4.78, 5) is 6.50. The van der Waals surface area contributed by atoms with E-state index in [1.54, 1.807) is 11.3 Å². The summed E-state index contributed by atoms with van der Waals surface area (Å²) in [6.07, 6.45) is 4.01. The van der Waals surface area contributed by atoms with Crippen molar-refractivity contribution in [1.29, 1.82) is 0 Å². The summed E-state index contributed by atoms with van der Waals surface area (Å²) in [5, 5.41) is 10.9.